The maximum Gasteiger partial charge on any atom is 0.396 e. The number of nitrogens with zero attached hydrogens (tertiary/aromatic N) is 4. The summed E-state index contributed by atoms with van der Waals surface area (Å²) in [7, 11) is -5.15. The number of primary amides is 1. The molecule has 0 spiro atoms. The predicted molar refractivity (Wildman–Crippen MR) is 326 cm³/mol. The van der Waals surface area contributed by atoms with Crippen LogP contribution in [0.1, 0.15) is 99.4 Å². The van der Waals surface area contributed by atoms with Crippen LogP contribution >= 0.6 is 7.60 Å². The summed E-state index contributed by atoms with van der Waals surface area (Å²) in [4.78, 5) is 164. The third kappa shape index (κ3) is 16.1. The predicted octanol–water partition coefficient (Wildman–Crippen LogP) is 4.69. The summed E-state index contributed by atoms with van der Waals surface area (Å²) < 4.78 is 17.9. The number of amides is 8. The number of esters is 1. The highest BCUT2D eigenvalue weighted by atomic mass is 31.2. The summed E-state index contributed by atoms with van der Waals surface area (Å²) >= 11 is 0. The van der Waals surface area contributed by atoms with E-state index in [0.29, 0.717) is 47.2 Å². The van der Waals surface area contributed by atoms with E-state index in [0.717, 1.165) is 21.3 Å². The Morgan fingerprint density at radius 2 is 1.54 bits per heavy atom. The molecule has 89 heavy (non-hydrogen) atoms. The average Bonchev–Trinajstić information content (AvgIpc) is 2.37. The van der Waals surface area contributed by atoms with E-state index in [1.54, 1.807) is 37.5 Å². The number of nitrogens with one attached hydrogen (secondary N) is 6. The lowest BCUT2D eigenvalue weighted by Crippen LogP contribution is -2.62. The molecule has 10 N–H and O–H groups in total. The van der Waals surface area contributed by atoms with Crippen molar-refractivity contribution < 1.29 is 62.2 Å². The Kier molecular flexibility index (Phi) is 20.4. The zero-order chi connectivity index (χ0) is 63.4. The Morgan fingerprint density at radius 3 is 2.25 bits per heavy atom. The van der Waals surface area contributed by atoms with Crippen molar-refractivity contribution in [3.63, 3.8) is 0 Å². The summed E-state index contributed by atoms with van der Waals surface area (Å²) in [5.41, 5.74) is 7.93. The maximum atomic E-state index is 15.1. The van der Waals surface area contributed by atoms with E-state index in [-0.39, 0.29) is 75.1 Å². The monoisotopic (exact) mass is 1230 g/mol. The van der Waals surface area contributed by atoms with E-state index >= 15 is 4.79 Å². The number of H-pyrrole nitrogens is 1. The number of rotatable bonds is 23. The fraction of sp³-hybridized carbons (Fsp3) is 0.286. The number of carbonyl (C=O) groups excluding carboxylic acids is 9. The molecule has 0 bridgehead atoms. The van der Waals surface area contributed by atoms with Crippen LogP contribution in [-0.2, 0) is 46.2 Å². The summed E-state index contributed by atoms with van der Waals surface area (Å²) in [5.74, 6) is -4.60. The summed E-state index contributed by atoms with van der Waals surface area (Å²) in [6.07, 6.45) is 5.86. The Morgan fingerprint density at radius 1 is 0.798 bits per heavy atom. The zero-order valence-corrected chi connectivity index (χ0v) is 49.2. The van der Waals surface area contributed by atoms with Gasteiger partial charge in [0.1, 0.15) is 30.4 Å². The second-order valence-electron chi connectivity index (χ2n) is 21.6. The van der Waals surface area contributed by atoms with Gasteiger partial charge in [0.25, 0.3) is 22.9 Å². The molecule has 0 unspecified atom stereocenters. The van der Waals surface area contributed by atoms with E-state index < -0.39 is 96.3 Å². The number of aromatic nitrogens is 3. The molecule has 462 valence electrons. The van der Waals surface area contributed by atoms with Crippen molar-refractivity contribution in [2.45, 2.75) is 88.6 Å². The van der Waals surface area contributed by atoms with Gasteiger partial charge in [-0.05, 0) is 116 Å². The molecular formula is C63H66N11O14P. The molecule has 0 saturated carbocycles. The number of benzene rings is 4. The van der Waals surface area contributed by atoms with Gasteiger partial charge < -0.3 is 66.2 Å². The van der Waals surface area contributed by atoms with Crippen LogP contribution in [0.25, 0.3) is 22.0 Å². The number of urea groups is 1. The highest BCUT2D eigenvalue weighted by Crippen LogP contribution is 2.39. The van der Waals surface area contributed by atoms with Crippen molar-refractivity contribution in [1.82, 2.24) is 45.6 Å². The number of fused-ring (bicyclic) bond motifs is 2. The lowest BCUT2D eigenvalue weighted by atomic mass is 9.98. The number of hydrogen-bond donors (Lipinski definition) is 9. The summed E-state index contributed by atoms with van der Waals surface area (Å²) in [6, 6.07) is 29.2. The highest BCUT2D eigenvalue weighted by Gasteiger charge is 2.46. The number of ether oxygens (including phenoxy) is 1. The quantitative estimate of drug-likeness (QED) is 0.0238. The molecule has 8 amide bonds. The van der Waals surface area contributed by atoms with E-state index in [1.165, 1.54) is 52.4 Å². The van der Waals surface area contributed by atoms with Crippen LogP contribution in [0.3, 0.4) is 0 Å². The number of aryl methyl sites for hydroxylation is 1. The van der Waals surface area contributed by atoms with Gasteiger partial charge in [0.2, 0.25) is 23.6 Å². The first-order chi connectivity index (χ1) is 42.7. The minimum absolute atomic E-state index is 0.0821. The largest absolute Gasteiger partial charge is 0.465 e. The molecule has 2 fully saturated rings. The number of pyridine rings is 2. The van der Waals surface area contributed by atoms with Crippen LogP contribution in [0, 0.1) is 0 Å². The van der Waals surface area contributed by atoms with Gasteiger partial charge in [-0.25, -0.2) is 4.79 Å². The number of nitrogens with two attached hydrogens (primary N) is 1. The molecule has 4 atom stereocenters. The molecule has 26 heteroatoms. The van der Waals surface area contributed by atoms with Crippen molar-refractivity contribution in [2.24, 2.45) is 5.73 Å². The van der Waals surface area contributed by atoms with Crippen molar-refractivity contribution in [3.8, 4) is 11.1 Å². The summed E-state index contributed by atoms with van der Waals surface area (Å²) in [6.45, 7) is 1.38. The first-order valence-corrected chi connectivity index (χ1v) is 30.4. The van der Waals surface area contributed by atoms with Gasteiger partial charge in [0.05, 0.1) is 24.9 Å². The Bertz CT molecular complexity index is 3890. The molecule has 0 radical (unpaired) electrons. The van der Waals surface area contributed by atoms with Gasteiger partial charge in [-0.15, -0.1) is 0 Å². The smallest absolute Gasteiger partial charge is 0.396 e. The van der Waals surface area contributed by atoms with Gasteiger partial charge >= 0.3 is 19.6 Å². The molecule has 7 aromatic rings. The van der Waals surface area contributed by atoms with Crippen LogP contribution < -0.4 is 37.9 Å². The molecule has 4 aromatic carbocycles. The van der Waals surface area contributed by atoms with Crippen molar-refractivity contribution in [3.05, 3.63) is 190 Å². The van der Waals surface area contributed by atoms with Gasteiger partial charge in [0.15, 0.2) is 0 Å². The second-order valence-corrected chi connectivity index (χ2v) is 23.1. The lowest BCUT2D eigenvalue weighted by Gasteiger charge is -2.39. The van der Waals surface area contributed by atoms with Gasteiger partial charge in [-0.3, -0.25) is 52.7 Å². The maximum absolute atomic E-state index is 15.1. The molecule has 3 aromatic heterocycles. The van der Waals surface area contributed by atoms with E-state index in [1.807, 2.05) is 72.8 Å². The fourth-order valence-electron chi connectivity index (χ4n) is 10.9. The standard InChI is InChI=1S/C63H66N11O14P/c1-2-88-55(77)37-73-35-46(19-25-54(73)76)67-57(78)42-17-9-16-41(30-42)45-29-38(33-65-34-45)11-10-27-66-63(84)72-28-26-47-20-23-52(60(81)69-49(22-24-53(64)75)58(79)71-56(39-12-5-3-6-13-39)40-14-7-4-8-15-40)74(47)61(82)51(36-72)70-59(80)50-32-44-31-43(18-21-48(44)68-50)62(83)89(85,86)87/h3-9,12-19,21,25,29-35,47,49,51-52,56,68H,2,10-11,20,22-24,26-28,36-37H2,1H3,(H2,64,75)(H,66,84)(H,67,78)(H,69,81)(H,70,80)(H,71,79)(H2,85,86,87)/t47-,49+,51+,52+/m1/s1. The molecule has 2 saturated heterocycles. The lowest BCUT2D eigenvalue weighted by molar-refractivity contribution is -0.144. The van der Waals surface area contributed by atoms with Gasteiger partial charge in [0, 0.05) is 77.8 Å². The minimum atomic E-state index is -5.15. The van der Waals surface area contributed by atoms with Crippen molar-refractivity contribution in [2.75, 3.05) is 31.6 Å². The van der Waals surface area contributed by atoms with Gasteiger partial charge in [-0.1, -0.05) is 72.8 Å². The van der Waals surface area contributed by atoms with E-state index in [2.05, 4.69) is 36.6 Å². The summed E-state index contributed by atoms with van der Waals surface area (Å²) in [5, 5.41) is 14.5. The zero-order valence-electron chi connectivity index (χ0n) is 48.3. The normalized spacial score (nSPS) is 16.1. The molecule has 9 rings (SSSR count). The first kappa shape index (κ1) is 63.4. The average molecular weight is 1230 g/mol. The van der Waals surface area contributed by atoms with Crippen LogP contribution in [0.2, 0.25) is 0 Å². The van der Waals surface area contributed by atoms with Crippen LogP contribution in [0.4, 0.5) is 10.5 Å². The van der Waals surface area contributed by atoms with Crippen LogP contribution in [-0.4, -0.2) is 137 Å². The number of aromatic amines is 1. The minimum Gasteiger partial charge on any atom is -0.465 e. The number of carbonyl (C=O) groups is 9. The molecule has 25 nitrogen and oxygen atoms in total. The van der Waals surface area contributed by atoms with E-state index in [9.17, 15) is 57.5 Å². The Hall–Kier alpha value is -10.1. The molecule has 0 aliphatic carbocycles. The second kappa shape index (κ2) is 28.6. The molecule has 2 aliphatic rings. The molecule has 5 heterocycles. The van der Waals surface area contributed by atoms with E-state index in [4.69, 9.17) is 10.5 Å². The molecule has 2 aliphatic heterocycles. The van der Waals surface area contributed by atoms with Crippen molar-refractivity contribution in [1.29, 1.82) is 0 Å². The number of hydrogen-bond acceptors (Lipinski definition) is 13. The third-order valence-electron chi connectivity index (χ3n) is 15.3. The first-order valence-electron chi connectivity index (χ1n) is 28.8. The number of anilines is 1. The third-order valence-corrected chi connectivity index (χ3v) is 16.1. The Balaban J connectivity index is 0.886. The van der Waals surface area contributed by atoms with Gasteiger partial charge in [-0.2, -0.15) is 0 Å². The molecular weight excluding hydrogens is 1170 g/mol. The van der Waals surface area contributed by atoms with Crippen LogP contribution in [0.5, 0.6) is 0 Å². The SMILES string of the molecule is CCOC(=O)Cn1cc(NC(=O)c2cccc(-c3cncc(CCCNC(=O)N4CC[C@H]5CC[C@@H](C(=O)N[C@@H](CCC(N)=O)C(=O)NC(c6ccccc6)c6ccccc6)N5C(=O)[C@@H](NC(=O)c5cc6cc(C(=O)P(=O)(O)O)ccc6[nH]5)C4)c3)c2)ccc1=O. The highest BCUT2D eigenvalue weighted by molar-refractivity contribution is 7.70. The topological polar surface area (TPSA) is 364 Å². The van der Waals surface area contributed by atoms with Crippen molar-refractivity contribution >= 4 is 77.2 Å². The fourth-order valence-corrected chi connectivity index (χ4v) is 11.4. The Labute approximate surface area is 509 Å². The van der Waals surface area contributed by atoms with Crippen LogP contribution in [0.15, 0.2) is 151 Å².